The molecule has 2 N–H and O–H groups in total. The summed E-state index contributed by atoms with van der Waals surface area (Å²) >= 11 is 1.94. The molecule has 0 radical (unpaired) electrons. The van der Waals surface area contributed by atoms with Crippen LogP contribution in [0, 0.1) is 5.92 Å². The Morgan fingerprint density at radius 3 is 2.85 bits per heavy atom. The zero-order valence-electron chi connectivity index (χ0n) is 7.74. The van der Waals surface area contributed by atoms with Crippen LogP contribution in [0.5, 0.6) is 0 Å². The number of thioether (sulfide) groups is 1. The van der Waals surface area contributed by atoms with Crippen molar-refractivity contribution in [3.05, 3.63) is 0 Å². The summed E-state index contributed by atoms with van der Waals surface area (Å²) in [7, 11) is 0. The Hall–Kier alpha value is -0.220. The van der Waals surface area contributed by atoms with Crippen LogP contribution in [0.2, 0.25) is 0 Å². The molecule has 4 heteroatoms. The smallest absolute Gasteiger partial charge is 0.227 e. The number of carbonyl (C=O) groups is 1. The average molecular weight is 200 g/mol. The highest BCUT2D eigenvalue weighted by Crippen LogP contribution is 2.30. The van der Waals surface area contributed by atoms with E-state index in [1.165, 1.54) is 5.75 Å². The van der Waals surface area contributed by atoms with Crippen LogP contribution in [0.25, 0.3) is 0 Å². The number of rotatable bonds is 1. The SMILES string of the molecule is NC1CC1C(=O)N1CCCSCC1. The van der Waals surface area contributed by atoms with Crippen LogP contribution in [0.15, 0.2) is 0 Å². The minimum absolute atomic E-state index is 0.156. The first-order valence-electron chi connectivity index (χ1n) is 4.91. The van der Waals surface area contributed by atoms with Crippen molar-refractivity contribution in [2.75, 3.05) is 24.6 Å². The fourth-order valence-electron chi connectivity index (χ4n) is 1.70. The van der Waals surface area contributed by atoms with Gasteiger partial charge in [-0.1, -0.05) is 0 Å². The van der Waals surface area contributed by atoms with Gasteiger partial charge in [0.05, 0.1) is 5.92 Å². The molecule has 2 fully saturated rings. The molecular formula is C9H16N2OS. The third kappa shape index (κ3) is 2.17. The van der Waals surface area contributed by atoms with E-state index in [2.05, 4.69) is 0 Å². The lowest BCUT2D eigenvalue weighted by Gasteiger charge is -2.19. The van der Waals surface area contributed by atoms with E-state index in [4.69, 9.17) is 5.73 Å². The van der Waals surface area contributed by atoms with E-state index < -0.39 is 0 Å². The van der Waals surface area contributed by atoms with Gasteiger partial charge in [0.2, 0.25) is 5.91 Å². The molecular weight excluding hydrogens is 184 g/mol. The number of hydrogen-bond donors (Lipinski definition) is 1. The molecule has 2 atom stereocenters. The summed E-state index contributed by atoms with van der Waals surface area (Å²) in [5.41, 5.74) is 5.66. The molecule has 1 amide bonds. The molecule has 0 aromatic heterocycles. The second kappa shape index (κ2) is 3.88. The van der Waals surface area contributed by atoms with Crippen molar-refractivity contribution in [2.24, 2.45) is 11.7 Å². The highest BCUT2D eigenvalue weighted by molar-refractivity contribution is 7.99. The lowest BCUT2D eigenvalue weighted by Crippen LogP contribution is -2.35. The monoisotopic (exact) mass is 200 g/mol. The van der Waals surface area contributed by atoms with Gasteiger partial charge in [0.25, 0.3) is 0 Å². The van der Waals surface area contributed by atoms with Crippen molar-refractivity contribution in [1.29, 1.82) is 0 Å². The fourth-order valence-corrected chi connectivity index (χ4v) is 2.59. The number of nitrogens with zero attached hydrogens (tertiary/aromatic N) is 1. The molecule has 3 nitrogen and oxygen atoms in total. The Bertz CT molecular complexity index is 202. The van der Waals surface area contributed by atoms with Gasteiger partial charge in [-0.25, -0.2) is 0 Å². The summed E-state index contributed by atoms with van der Waals surface area (Å²) in [6.45, 7) is 1.86. The molecule has 2 unspecified atom stereocenters. The van der Waals surface area contributed by atoms with Gasteiger partial charge in [0.15, 0.2) is 0 Å². The van der Waals surface area contributed by atoms with Crippen molar-refractivity contribution < 1.29 is 4.79 Å². The van der Waals surface area contributed by atoms with Crippen LogP contribution in [0.1, 0.15) is 12.8 Å². The molecule has 0 aromatic rings. The maximum Gasteiger partial charge on any atom is 0.227 e. The first kappa shape index (κ1) is 9.34. The predicted molar refractivity (Wildman–Crippen MR) is 54.6 cm³/mol. The first-order valence-corrected chi connectivity index (χ1v) is 6.06. The predicted octanol–water partition coefficient (Wildman–Crippen LogP) is 0.299. The van der Waals surface area contributed by atoms with E-state index >= 15 is 0 Å². The maximum absolute atomic E-state index is 11.8. The average Bonchev–Trinajstić information content (AvgIpc) is 2.86. The zero-order valence-corrected chi connectivity index (χ0v) is 8.55. The Morgan fingerprint density at radius 2 is 2.15 bits per heavy atom. The van der Waals surface area contributed by atoms with Crippen LogP contribution in [0.4, 0.5) is 0 Å². The van der Waals surface area contributed by atoms with Gasteiger partial charge < -0.3 is 10.6 Å². The number of carbonyl (C=O) groups excluding carboxylic acids is 1. The van der Waals surface area contributed by atoms with Gasteiger partial charge in [-0.3, -0.25) is 4.79 Å². The Morgan fingerprint density at radius 1 is 1.38 bits per heavy atom. The fraction of sp³-hybridized carbons (Fsp3) is 0.889. The molecule has 1 heterocycles. The van der Waals surface area contributed by atoms with Crippen molar-refractivity contribution in [3.63, 3.8) is 0 Å². The third-order valence-corrected chi connectivity index (χ3v) is 3.74. The largest absolute Gasteiger partial charge is 0.342 e. The number of nitrogens with two attached hydrogens (primary N) is 1. The van der Waals surface area contributed by atoms with Gasteiger partial charge in [-0.2, -0.15) is 11.8 Å². The molecule has 2 aliphatic rings. The molecule has 1 aliphatic carbocycles. The van der Waals surface area contributed by atoms with Crippen LogP contribution >= 0.6 is 11.8 Å². The molecule has 13 heavy (non-hydrogen) atoms. The quantitative estimate of drug-likeness (QED) is 0.662. The Kier molecular flexibility index (Phi) is 2.79. The molecule has 0 spiro atoms. The summed E-state index contributed by atoms with van der Waals surface area (Å²) in [6.07, 6.45) is 2.04. The maximum atomic E-state index is 11.8. The van der Waals surface area contributed by atoms with E-state index in [0.717, 1.165) is 31.7 Å². The number of hydrogen-bond acceptors (Lipinski definition) is 3. The van der Waals surface area contributed by atoms with Gasteiger partial charge in [0.1, 0.15) is 0 Å². The van der Waals surface area contributed by atoms with E-state index in [1.54, 1.807) is 0 Å². The summed E-state index contributed by atoms with van der Waals surface area (Å²) in [6, 6.07) is 0.156. The molecule has 74 valence electrons. The van der Waals surface area contributed by atoms with Crippen molar-refractivity contribution >= 4 is 17.7 Å². The topological polar surface area (TPSA) is 46.3 Å². The van der Waals surface area contributed by atoms with Gasteiger partial charge in [-0.05, 0) is 18.6 Å². The molecule has 1 aliphatic heterocycles. The van der Waals surface area contributed by atoms with Crippen LogP contribution in [-0.2, 0) is 4.79 Å². The Balaban J connectivity index is 1.87. The van der Waals surface area contributed by atoms with E-state index in [1.807, 2.05) is 16.7 Å². The zero-order chi connectivity index (χ0) is 9.26. The summed E-state index contributed by atoms with van der Waals surface area (Å²) in [4.78, 5) is 13.8. The Labute approximate surface area is 83.0 Å². The highest BCUT2D eigenvalue weighted by Gasteiger charge is 2.42. The van der Waals surface area contributed by atoms with E-state index in [9.17, 15) is 4.79 Å². The molecule has 1 saturated heterocycles. The van der Waals surface area contributed by atoms with E-state index in [0.29, 0.717) is 5.91 Å². The van der Waals surface area contributed by atoms with Crippen molar-refractivity contribution in [2.45, 2.75) is 18.9 Å². The minimum Gasteiger partial charge on any atom is -0.342 e. The van der Waals surface area contributed by atoms with Crippen molar-refractivity contribution in [3.8, 4) is 0 Å². The normalized spacial score (nSPS) is 34.1. The standard InChI is InChI=1S/C9H16N2OS/c10-8-6-7(8)9(12)11-2-1-4-13-5-3-11/h7-8H,1-6,10H2. The lowest BCUT2D eigenvalue weighted by atomic mass is 10.3. The minimum atomic E-state index is 0.156. The van der Waals surface area contributed by atoms with Gasteiger partial charge >= 0.3 is 0 Å². The molecule has 1 saturated carbocycles. The van der Waals surface area contributed by atoms with Crippen molar-refractivity contribution in [1.82, 2.24) is 4.90 Å². The van der Waals surface area contributed by atoms with Crippen LogP contribution in [-0.4, -0.2) is 41.4 Å². The molecule has 2 rings (SSSR count). The summed E-state index contributed by atoms with van der Waals surface area (Å²) in [5.74, 6) is 2.74. The number of amides is 1. The molecule has 0 bridgehead atoms. The van der Waals surface area contributed by atoms with Crippen LogP contribution < -0.4 is 5.73 Å². The second-order valence-corrected chi connectivity index (χ2v) is 5.02. The van der Waals surface area contributed by atoms with E-state index in [-0.39, 0.29) is 12.0 Å². The summed E-state index contributed by atoms with van der Waals surface area (Å²) < 4.78 is 0. The summed E-state index contributed by atoms with van der Waals surface area (Å²) in [5, 5.41) is 0. The van der Waals surface area contributed by atoms with Gasteiger partial charge in [0, 0.05) is 24.9 Å². The third-order valence-electron chi connectivity index (χ3n) is 2.69. The van der Waals surface area contributed by atoms with Crippen LogP contribution in [0.3, 0.4) is 0 Å². The first-order chi connectivity index (χ1) is 6.29. The van der Waals surface area contributed by atoms with Gasteiger partial charge in [-0.15, -0.1) is 0 Å². The molecule has 0 aromatic carbocycles. The lowest BCUT2D eigenvalue weighted by molar-refractivity contribution is -0.132. The highest BCUT2D eigenvalue weighted by atomic mass is 32.2. The second-order valence-electron chi connectivity index (χ2n) is 3.80.